The molecule has 0 aliphatic carbocycles. The van der Waals surface area contributed by atoms with E-state index in [1.807, 2.05) is 35.9 Å². The Kier molecular flexibility index (Phi) is 8.45. The van der Waals surface area contributed by atoms with E-state index in [0.717, 1.165) is 50.0 Å². The second kappa shape index (κ2) is 12.8. The van der Waals surface area contributed by atoms with E-state index in [9.17, 15) is 19.7 Å². The molecule has 3 fully saturated rings. The van der Waals surface area contributed by atoms with Crippen LogP contribution in [0.15, 0.2) is 54.7 Å². The average Bonchev–Trinajstić information content (AvgIpc) is 3.92. The van der Waals surface area contributed by atoms with Crippen LogP contribution in [-0.2, 0) is 10.2 Å². The Hall–Kier alpha value is -5.07. The molecule has 3 saturated heterocycles. The van der Waals surface area contributed by atoms with Crippen LogP contribution in [0.1, 0.15) is 78.2 Å². The van der Waals surface area contributed by atoms with Crippen molar-refractivity contribution < 1.29 is 19.2 Å². The van der Waals surface area contributed by atoms with E-state index in [1.54, 1.807) is 4.52 Å². The van der Waals surface area contributed by atoms with E-state index in [4.69, 9.17) is 4.74 Å². The van der Waals surface area contributed by atoms with Crippen molar-refractivity contribution >= 4 is 34.7 Å². The van der Waals surface area contributed by atoms with Crippen LogP contribution in [0.5, 0.6) is 0 Å². The van der Waals surface area contributed by atoms with Gasteiger partial charge in [0.2, 0.25) is 5.82 Å². The summed E-state index contributed by atoms with van der Waals surface area (Å²) in [4.78, 5) is 52.9. The molecule has 256 valence electrons. The van der Waals surface area contributed by atoms with Gasteiger partial charge >= 0.3 is 5.97 Å². The largest absolute Gasteiger partial charge is 0.461 e. The molecule has 4 aromatic rings. The standard InChI is InChI=1S/C36H42N8O5/c1-4-5-17-49-34(46)29-19-27(44(47)48)20-30(37-29)41-15-12-36(23-41)13-16-42(24-36)33(45)31-38-32-25(2)18-28(21-43(32)39-31)40-14-11-35(3,22-40)26-9-7-6-8-10-26/h6-10,18-21H,4-5,11-17,22-24H2,1-3H3/t35-,36+/m0/s1. The van der Waals surface area contributed by atoms with Crippen LogP contribution < -0.4 is 9.80 Å². The molecule has 3 aliphatic rings. The number of esters is 1. The summed E-state index contributed by atoms with van der Waals surface area (Å²) in [5.41, 5.74) is 3.60. The monoisotopic (exact) mass is 666 g/mol. The molecule has 49 heavy (non-hydrogen) atoms. The Morgan fingerprint density at radius 1 is 0.980 bits per heavy atom. The Bertz CT molecular complexity index is 1910. The van der Waals surface area contributed by atoms with Gasteiger partial charge in [0, 0.05) is 56.2 Å². The molecule has 6 heterocycles. The van der Waals surface area contributed by atoms with Crippen molar-refractivity contribution in [2.45, 2.75) is 58.3 Å². The highest BCUT2D eigenvalue weighted by Crippen LogP contribution is 2.42. The minimum Gasteiger partial charge on any atom is -0.461 e. The quantitative estimate of drug-likeness (QED) is 0.101. The average molecular weight is 667 g/mol. The van der Waals surface area contributed by atoms with Gasteiger partial charge in [-0.1, -0.05) is 50.6 Å². The van der Waals surface area contributed by atoms with E-state index in [0.29, 0.717) is 44.1 Å². The molecule has 13 nitrogen and oxygen atoms in total. The Labute approximate surface area is 285 Å². The number of pyridine rings is 2. The van der Waals surface area contributed by atoms with Crippen LogP contribution in [0.3, 0.4) is 0 Å². The van der Waals surface area contributed by atoms with Gasteiger partial charge < -0.3 is 19.4 Å². The number of nitro groups is 1. The number of nitrogens with zero attached hydrogens (tertiary/aromatic N) is 8. The molecule has 0 unspecified atom stereocenters. The minimum absolute atomic E-state index is 0.0583. The first kappa shape index (κ1) is 32.5. The van der Waals surface area contributed by atoms with E-state index in [-0.39, 0.29) is 40.5 Å². The van der Waals surface area contributed by atoms with Gasteiger partial charge in [-0.15, -0.1) is 5.10 Å². The fourth-order valence-electron chi connectivity index (χ4n) is 7.62. The molecule has 0 N–H and O–H groups in total. The topological polar surface area (TPSA) is 139 Å². The van der Waals surface area contributed by atoms with Crippen molar-refractivity contribution in [2.75, 3.05) is 55.7 Å². The first-order chi connectivity index (χ1) is 23.6. The molecule has 3 aliphatic heterocycles. The van der Waals surface area contributed by atoms with Gasteiger partial charge in [-0.2, -0.15) is 0 Å². The molecule has 7 rings (SSSR count). The normalized spacial score (nSPS) is 22.1. The molecule has 0 radical (unpaired) electrons. The molecule has 13 heteroatoms. The third-order valence-corrected chi connectivity index (χ3v) is 10.5. The lowest BCUT2D eigenvalue weighted by atomic mass is 9.82. The van der Waals surface area contributed by atoms with E-state index in [2.05, 4.69) is 57.2 Å². The lowest BCUT2D eigenvalue weighted by Gasteiger charge is -2.26. The zero-order chi connectivity index (χ0) is 34.3. The molecule has 1 amide bonds. The second-order valence-corrected chi connectivity index (χ2v) is 14.1. The van der Waals surface area contributed by atoms with Crippen molar-refractivity contribution in [3.63, 3.8) is 0 Å². The van der Waals surface area contributed by atoms with Gasteiger partial charge in [0.25, 0.3) is 11.6 Å². The number of aryl methyl sites for hydroxylation is 1. The van der Waals surface area contributed by atoms with E-state index in [1.165, 1.54) is 17.7 Å². The first-order valence-electron chi connectivity index (χ1n) is 17.1. The van der Waals surface area contributed by atoms with Crippen molar-refractivity contribution in [3.8, 4) is 0 Å². The molecule has 3 aromatic heterocycles. The third kappa shape index (κ3) is 6.29. The highest BCUT2D eigenvalue weighted by atomic mass is 16.6. The number of aromatic nitrogens is 4. The van der Waals surface area contributed by atoms with Crippen LogP contribution in [0.25, 0.3) is 5.65 Å². The van der Waals surface area contributed by atoms with Crippen LogP contribution in [0.2, 0.25) is 0 Å². The SMILES string of the molecule is CCCCOC(=O)c1cc([N+](=O)[O-])cc(N2CC[C@@]3(CCN(C(=O)c4nc5c(C)cc(N6CC[C@](C)(c7ccccc7)C6)cn5n4)C3)C2)n1. The minimum atomic E-state index is -0.668. The third-order valence-electron chi connectivity index (χ3n) is 10.5. The maximum absolute atomic E-state index is 13.8. The van der Waals surface area contributed by atoms with Gasteiger partial charge in [0.05, 0.1) is 29.5 Å². The fraction of sp³-hybridized carbons (Fsp3) is 0.472. The number of ether oxygens (including phenoxy) is 1. The smallest absolute Gasteiger partial charge is 0.357 e. The number of benzene rings is 1. The maximum Gasteiger partial charge on any atom is 0.357 e. The van der Waals surface area contributed by atoms with Crippen LogP contribution in [0, 0.1) is 22.5 Å². The Balaban J connectivity index is 1.04. The highest BCUT2D eigenvalue weighted by molar-refractivity contribution is 5.91. The van der Waals surface area contributed by atoms with Crippen molar-refractivity contribution in [3.05, 3.63) is 87.5 Å². The van der Waals surface area contributed by atoms with Crippen molar-refractivity contribution in [1.82, 2.24) is 24.5 Å². The summed E-state index contributed by atoms with van der Waals surface area (Å²) in [6.45, 7) is 10.6. The number of fused-ring (bicyclic) bond motifs is 1. The summed E-state index contributed by atoms with van der Waals surface area (Å²) in [6, 6.07) is 15.3. The van der Waals surface area contributed by atoms with E-state index >= 15 is 0 Å². The van der Waals surface area contributed by atoms with Gasteiger partial charge in [-0.3, -0.25) is 14.9 Å². The summed E-state index contributed by atoms with van der Waals surface area (Å²) in [5.74, 6) is -0.329. The van der Waals surface area contributed by atoms with Crippen LogP contribution >= 0.6 is 0 Å². The number of amides is 1. The Morgan fingerprint density at radius 3 is 2.53 bits per heavy atom. The number of anilines is 2. The summed E-state index contributed by atoms with van der Waals surface area (Å²) in [5, 5.41) is 16.4. The summed E-state index contributed by atoms with van der Waals surface area (Å²) in [7, 11) is 0. The number of carbonyl (C=O) groups excluding carboxylic acids is 2. The van der Waals surface area contributed by atoms with Gasteiger partial charge in [0.1, 0.15) is 5.82 Å². The molecule has 0 bridgehead atoms. The van der Waals surface area contributed by atoms with Gasteiger partial charge in [0.15, 0.2) is 11.3 Å². The fourth-order valence-corrected chi connectivity index (χ4v) is 7.62. The predicted octanol–water partition coefficient (Wildman–Crippen LogP) is 5.21. The number of likely N-dealkylation sites (tertiary alicyclic amines) is 1. The number of hydrogen-bond acceptors (Lipinski definition) is 10. The summed E-state index contributed by atoms with van der Waals surface area (Å²) >= 11 is 0. The first-order valence-corrected chi connectivity index (χ1v) is 17.1. The number of unbranched alkanes of at least 4 members (excludes halogenated alkanes) is 1. The zero-order valence-electron chi connectivity index (χ0n) is 28.3. The van der Waals surface area contributed by atoms with Crippen LogP contribution in [-0.4, -0.2) is 87.2 Å². The lowest BCUT2D eigenvalue weighted by Crippen LogP contribution is -2.34. The lowest BCUT2D eigenvalue weighted by molar-refractivity contribution is -0.384. The van der Waals surface area contributed by atoms with Crippen molar-refractivity contribution in [2.24, 2.45) is 5.41 Å². The molecule has 1 spiro atoms. The summed E-state index contributed by atoms with van der Waals surface area (Å²) in [6.07, 6.45) is 6.15. The van der Waals surface area contributed by atoms with Gasteiger partial charge in [-0.05, 0) is 49.8 Å². The zero-order valence-corrected chi connectivity index (χ0v) is 28.3. The number of carbonyl (C=O) groups is 2. The number of hydrogen-bond donors (Lipinski definition) is 0. The summed E-state index contributed by atoms with van der Waals surface area (Å²) < 4.78 is 7.01. The van der Waals surface area contributed by atoms with E-state index < -0.39 is 10.9 Å². The van der Waals surface area contributed by atoms with Crippen molar-refractivity contribution in [1.29, 1.82) is 0 Å². The maximum atomic E-state index is 13.8. The number of rotatable bonds is 9. The van der Waals surface area contributed by atoms with Gasteiger partial charge in [-0.25, -0.2) is 19.3 Å². The molecular formula is C36H42N8O5. The highest BCUT2D eigenvalue weighted by Gasteiger charge is 2.46. The molecule has 1 aromatic carbocycles. The predicted molar refractivity (Wildman–Crippen MR) is 184 cm³/mol. The molecular weight excluding hydrogens is 624 g/mol. The molecule has 2 atom stereocenters. The molecule has 0 saturated carbocycles. The van der Waals surface area contributed by atoms with Crippen LogP contribution in [0.4, 0.5) is 17.2 Å². The second-order valence-electron chi connectivity index (χ2n) is 14.1. The Morgan fingerprint density at radius 2 is 1.76 bits per heavy atom.